The Kier molecular flexibility index (Phi) is 4.39. The van der Waals surface area contributed by atoms with Crippen LogP contribution in [-0.2, 0) is 4.79 Å². The lowest BCUT2D eigenvalue weighted by Gasteiger charge is -2.29. The lowest BCUT2D eigenvalue weighted by molar-refractivity contribution is -0.121. The lowest BCUT2D eigenvalue weighted by atomic mass is 10.1. The normalized spacial score (nSPS) is 20.6. The van der Waals surface area contributed by atoms with Crippen molar-refractivity contribution in [3.63, 3.8) is 0 Å². The molecule has 2 atom stereocenters. The SMILES string of the molecule is Cc1ccc(C2CCCN2C(C)C(=O)Nc2ccc3c(c2)OCO3)s1. The predicted octanol–water partition coefficient (Wildman–Crippen LogP) is 3.95. The van der Waals surface area contributed by atoms with Crippen molar-refractivity contribution in [1.29, 1.82) is 0 Å². The van der Waals surface area contributed by atoms with Gasteiger partial charge in [-0.05, 0) is 57.5 Å². The van der Waals surface area contributed by atoms with Gasteiger partial charge in [0.15, 0.2) is 11.5 Å². The van der Waals surface area contributed by atoms with Crippen LogP contribution < -0.4 is 14.8 Å². The number of carbonyl (C=O) groups excluding carboxylic acids is 1. The second kappa shape index (κ2) is 6.69. The summed E-state index contributed by atoms with van der Waals surface area (Å²) in [4.78, 5) is 17.8. The zero-order chi connectivity index (χ0) is 17.4. The number of rotatable bonds is 4. The molecule has 0 saturated carbocycles. The van der Waals surface area contributed by atoms with E-state index in [2.05, 4.69) is 29.3 Å². The zero-order valence-corrected chi connectivity index (χ0v) is 15.3. The minimum atomic E-state index is -0.180. The van der Waals surface area contributed by atoms with Crippen molar-refractivity contribution < 1.29 is 14.3 Å². The number of benzene rings is 1. The molecule has 2 aliphatic rings. The van der Waals surface area contributed by atoms with E-state index in [1.807, 2.05) is 36.5 Å². The number of anilines is 1. The monoisotopic (exact) mass is 358 g/mol. The van der Waals surface area contributed by atoms with Gasteiger partial charge in [-0.25, -0.2) is 0 Å². The van der Waals surface area contributed by atoms with Crippen LogP contribution in [0.5, 0.6) is 11.5 Å². The van der Waals surface area contributed by atoms with E-state index < -0.39 is 0 Å². The number of likely N-dealkylation sites (tertiary alicyclic amines) is 1. The van der Waals surface area contributed by atoms with Gasteiger partial charge in [0.05, 0.1) is 6.04 Å². The molecule has 3 heterocycles. The van der Waals surface area contributed by atoms with Crippen LogP contribution in [-0.4, -0.2) is 30.2 Å². The van der Waals surface area contributed by atoms with E-state index in [9.17, 15) is 4.79 Å². The molecule has 0 radical (unpaired) electrons. The fourth-order valence-corrected chi connectivity index (χ4v) is 4.60. The Morgan fingerprint density at radius 2 is 2.12 bits per heavy atom. The second-order valence-corrected chi connectivity index (χ2v) is 7.90. The fraction of sp³-hybridized carbons (Fsp3) is 0.421. The van der Waals surface area contributed by atoms with Gasteiger partial charge in [0.2, 0.25) is 12.7 Å². The number of nitrogens with zero attached hydrogens (tertiary/aromatic N) is 1. The van der Waals surface area contributed by atoms with Gasteiger partial charge in [0.25, 0.3) is 0 Å². The average Bonchev–Trinajstić information content (AvgIpc) is 3.33. The van der Waals surface area contributed by atoms with Crippen LogP contribution in [0.3, 0.4) is 0 Å². The first kappa shape index (κ1) is 16.4. The van der Waals surface area contributed by atoms with Gasteiger partial charge in [-0.2, -0.15) is 0 Å². The highest BCUT2D eigenvalue weighted by atomic mass is 32.1. The Bertz CT molecular complexity index is 789. The molecule has 1 aromatic heterocycles. The largest absolute Gasteiger partial charge is 0.454 e. The first-order valence-electron chi connectivity index (χ1n) is 8.64. The lowest BCUT2D eigenvalue weighted by Crippen LogP contribution is -2.41. The highest BCUT2D eigenvalue weighted by molar-refractivity contribution is 7.12. The third kappa shape index (κ3) is 3.24. The number of carbonyl (C=O) groups is 1. The zero-order valence-electron chi connectivity index (χ0n) is 14.5. The van der Waals surface area contributed by atoms with Crippen molar-refractivity contribution in [1.82, 2.24) is 4.90 Å². The molecule has 2 aliphatic heterocycles. The van der Waals surface area contributed by atoms with Crippen molar-refractivity contribution in [2.75, 3.05) is 18.7 Å². The fourth-order valence-electron chi connectivity index (χ4n) is 3.56. The third-order valence-electron chi connectivity index (χ3n) is 4.90. The summed E-state index contributed by atoms with van der Waals surface area (Å²) in [7, 11) is 0. The third-order valence-corrected chi connectivity index (χ3v) is 6.00. The van der Waals surface area contributed by atoms with Gasteiger partial charge in [-0.15, -0.1) is 11.3 Å². The Balaban J connectivity index is 1.46. The highest BCUT2D eigenvalue weighted by Crippen LogP contribution is 2.38. The standard InChI is InChI=1S/C19H22N2O3S/c1-12-5-8-18(25-12)15-4-3-9-21(15)13(2)19(22)20-14-6-7-16-17(10-14)24-11-23-16/h5-8,10,13,15H,3-4,9,11H2,1-2H3,(H,20,22). The summed E-state index contributed by atoms with van der Waals surface area (Å²) < 4.78 is 10.7. The van der Waals surface area contributed by atoms with Crippen LogP contribution in [0.15, 0.2) is 30.3 Å². The molecular formula is C19H22N2O3S. The van der Waals surface area contributed by atoms with Crippen LogP contribution >= 0.6 is 11.3 Å². The van der Waals surface area contributed by atoms with Crippen LogP contribution in [0.25, 0.3) is 0 Å². The van der Waals surface area contributed by atoms with Crippen molar-refractivity contribution in [3.8, 4) is 11.5 Å². The Morgan fingerprint density at radius 1 is 1.28 bits per heavy atom. The van der Waals surface area contributed by atoms with Crippen molar-refractivity contribution in [2.24, 2.45) is 0 Å². The van der Waals surface area contributed by atoms with E-state index in [1.165, 1.54) is 9.75 Å². The summed E-state index contributed by atoms with van der Waals surface area (Å²) in [6.07, 6.45) is 2.24. The van der Waals surface area contributed by atoms with Gasteiger partial charge < -0.3 is 14.8 Å². The molecule has 132 valence electrons. The number of amides is 1. The summed E-state index contributed by atoms with van der Waals surface area (Å²) in [6.45, 7) is 5.31. The molecule has 2 unspecified atom stereocenters. The summed E-state index contributed by atoms with van der Waals surface area (Å²) in [5.74, 6) is 1.41. The molecule has 6 heteroatoms. The molecule has 4 rings (SSSR count). The second-order valence-electron chi connectivity index (χ2n) is 6.58. The average molecular weight is 358 g/mol. The van der Waals surface area contributed by atoms with Gasteiger partial charge in [-0.1, -0.05) is 0 Å². The van der Waals surface area contributed by atoms with E-state index in [4.69, 9.17) is 9.47 Å². The van der Waals surface area contributed by atoms with Crippen LogP contribution in [0.4, 0.5) is 5.69 Å². The van der Waals surface area contributed by atoms with Gasteiger partial charge in [0, 0.05) is 27.5 Å². The quantitative estimate of drug-likeness (QED) is 0.899. The summed E-state index contributed by atoms with van der Waals surface area (Å²) >= 11 is 1.83. The van der Waals surface area contributed by atoms with E-state index in [0.29, 0.717) is 11.8 Å². The molecule has 25 heavy (non-hydrogen) atoms. The van der Waals surface area contributed by atoms with Gasteiger partial charge >= 0.3 is 0 Å². The number of hydrogen-bond acceptors (Lipinski definition) is 5. The van der Waals surface area contributed by atoms with Crippen molar-refractivity contribution in [2.45, 2.75) is 38.8 Å². The number of aryl methyl sites for hydroxylation is 1. The molecule has 1 fully saturated rings. The molecule has 0 spiro atoms. The molecule has 2 aromatic rings. The van der Waals surface area contributed by atoms with Crippen LogP contribution in [0.2, 0.25) is 0 Å². The van der Waals surface area contributed by atoms with Crippen molar-refractivity contribution in [3.05, 3.63) is 40.1 Å². The number of hydrogen-bond donors (Lipinski definition) is 1. The maximum atomic E-state index is 12.8. The van der Waals surface area contributed by atoms with E-state index >= 15 is 0 Å². The maximum Gasteiger partial charge on any atom is 0.241 e. The molecule has 1 aromatic carbocycles. The van der Waals surface area contributed by atoms with Crippen molar-refractivity contribution >= 4 is 22.9 Å². The predicted molar refractivity (Wildman–Crippen MR) is 98.4 cm³/mol. The van der Waals surface area contributed by atoms with Crippen LogP contribution in [0, 0.1) is 6.92 Å². The molecule has 0 bridgehead atoms. The number of fused-ring (bicyclic) bond motifs is 1. The Hall–Kier alpha value is -2.05. The maximum absolute atomic E-state index is 12.8. The molecule has 5 nitrogen and oxygen atoms in total. The summed E-state index contributed by atoms with van der Waals surface area (Å²) in [6, 6.07) is 10.0. The van der Waals surface area contributed by atoms with E-state index in [1.54, 1.807) is 0 Å². The molecule has 1 saturated heterocycles. The number of ether oxygens (including phenoxy) is 2. The minimum absolute atomic E-state index is 0.0130. The number of nitrogens with one attached hydrogen (secondary N) is 1. The highest BCUT2D eigenvalue weighted by Gasteiger charge is 2.33. The van der Waals surface area contributed by atoms with Gasteiger partial charge in [0.1, 0.15) is 0 Å². The first-order chi connectivity index (χ1) is 12.1. The Labute approximate surface area is 151 Å². The topological polar surface area (TPSA) is 50.8 Å². The first-order valence-corrected chi connectivity index (χ1v) is 9.46. The molecule has 1 amide bonds. The molecule has 0 aliphatic carbocycles. The summed E-state index contributed by atoms with van der Waals surface area (Å²) in [5.41, 5.74) is 0.740. The minimum Gasteiger partial charge on any atom is -0.454 e. The molecule has 1 N–H and O–H groups in total. The Morgan fingerprint density at radius 3 is 2.92 bits per heavy atom. The van der Waals surface area contributed by atoms with Crippen LogP contribution in [0.1, 0.15) is 35.6 Å². The summed E-state index contributed by atoms with van der Waals surface area (Å²) in [5, 5.41) is 3.01. The molecular weight excluding hydrogens is 336 g/mol. The van der Waals surface area contributed by atoms with E-state index in [-0.39, 0.29) is 18.7 Å². The number of thiophene rings is 1. The van der Waals surface area contributed by atoms with Gasteiger partial charge in [-0.3, -0.25) is 9.69 Å². The smallest absolute Gasteiger partial charge is 0.241 e. The van der Waals surface area contributed by atoms with E-state index in [0.717, 1.165) is 30.8 Å².